The molecule has 3 aliphatic heterocycles. The predicted molar refractivity (Wildman–Crippen MR) is 88.0 cm³/mol. The minimum absolute atomic E-state index is 0.108. The van der Waals surface area contributed by atoms with Crippen molar-refractivity contribution in [2.45, 2.75) is 25.4 Å². The zero-order valence-corrected chi connectivity index (χ0v) is 13.5. The maximum absolute atomic E-state index is 12.6. The topological polar surface area (TPSA) is 118 Å². The van der Waals surface area contributed by atoms with Crippen LogP contribution in [0.25, 0.3) is 0 Å². The number of carbonyl (C=O) groups is 2. The highest BCUT2D eigenvalue weighted by atomic mass is 16.3. The Balaban J connectivity index is 1.81. The Morgan fingerprint density at radius 3 is 2.67 bits per heavy atom. The Hall–Kier alpha value is -2.19. The van der Waals surface area contributed by atoms with Crippen molar-refractivity contribution in [3.8, 4) is 0 Å². The Kier molecular flexibility index (Phi) is 4.96. The molecule has 24 heavy (non-hydrogen) atoms. The van der Waals surface area contributed by atoms with Crippen molar-refractivity contribution in [2.75, 3.05) is 26.2 Å². The highest BCUT2D eigenvalue weighted by molar-refractivity contribution is 6.12. The number of carbonyl (C=O) groups excluding carboxylic acids is 2. The first-order valence-electron chi connectivity index (χ1n) is 8.31. The minimum Gasteiger partial charge on any atom is -0.391 e. The van der Waals surface area contributed by atoms with Gasteiger partial charge in [0.25, 0.3) is 11.8 Å². The smallest absolute Gasteiger partial charge is 0.259 e. The monoisotopic (exact) mass is 333 g/mol. The molecule has 8 heteroatoms. The Bertz CT molecular complexity index is 607. The SMILES string of the molecule is N=C/C(C(=O)N1CCC(O)C1)=C1/NC(=O)C=C(C2CCNCC2)N1. The number of nitrogens with zero attached hydrogens (tertiary/aromatic N) is 1. The summed E-state index contributed by atoms with van der Waals surface area (Å²) in [6.45, 7) is 2.50. The molecule has 0 aromatic carbocycles. The van der Waals surface area contributed by atoms with Gasteiger partial charge in [-0.05, 0) is 32.4 Å². The molecule has 0 aliphatic carbocycles. The van der Waals surface area contributed by atoms with Gasteiger partial charge in [0, 0.05) is 37.0 Å². The van der Waals surface area contributed by atoms with Gasteiger partial charge in [-0.2, -0.15) is 0 Å². The summed E-state index contributed by atoms with van der Waals surface area (Å²) in [5.74, 6) is -0.137. The van der Waals surface area contributed by atoms with Crippen LogP contribution >= 0.6 is 0 Å². The van der Waals surface area contributed by atoms with Crippen molar-refractivity contribution in [1.29, 1.82) is 5.41 Å². The molecule has 0 bridgehead atoms. The quantitative estimate of drug-likeness (QED) is 0.337. The van der Waals surface area contributed by atoms with E-state index >= 15 is 0 Å². The van der Waals surface area contributed by atoms with E-state index in [9.17, 15) is 14.7 Å². The average molecular weight is 333 g/mol. The van der Waals surface area contributed by atoms with Crippen molar-refractivity contribution in [2.24, 2.45) is 5.92 Å². The van der Waals surface area contributed by atoms with Crippen LogP contribution in [0.5, 0.6) is 0 Å². The number of aliphatic hydroxyl groups excluding tert-OH is 1. The van der Waals surface area contributed by atoms with E-state index in [0.29, 0.717) is 13.0 Å². The number of allylic oxidation sites excluding steroid dienone is 1. The third-order valence-electron chi connectivity index (χ3n) is 4.68. The molecule has 5 N–H and O–H groups in total. The second-order valence-electron chi connectivity index (χ2n) is 6.36. The molecular weight excluding hydrogens is 310 g/mol. The number of likely N-dealkylation sites (tertiary alicyclic amines) is 1. The van der Waals surface area contributed by atoms with E-state index in [4.69, 9.17) is 5.41 Å². The lowest BCUT2D eigenvalue weighted by Crippen LogP contribution is -2.43. The fourth-order valence-electron chi connectivity index (χ4n) is 3.34. The fourth-order valence-corrected chi connectivity index (χ4v) is 3.34. The van der Waals surface area contributed by atoms with Crippen molar-refractivity contribution in [1.82, 2.24) is 20.9 Å². The van der Waals surface area contributed by atoms with Crippen LogP contribution in [-0.2, 0) is 9.59 Å². The molecule has 3 heterocycles. The zero-order chi connectivity index (χ0) is 17.1. The van der Waals surface area contributed by atoms with Crippen molar-refractivity contribution < 1.29 is 14.7 Å². The average Bonchev–Trinajstić information content (AvgIpc) is 3.02. The number of β-amino-alcohol motifs (C(OH)–C–C–N with tert-alkyl or cyclic N) is 1. The van der Waals surface area contributed by atoms with Crippen LogP contribution < -0.4 is 16.0 Å². The van der Waals surface area contributed by atoms with Gasteiger partial charge in [0.05, 0.1) is 11.7 Å². The van der Waals surface area contributed by atoms with Gasteiger partial charge >= 0.3 is 0 Å². The molecule has 3 rings (SSSR count). The molecule has 0 saturated carbocycles. The number of hydrogen-bond donors (Lipinski definition) is 5. The van der Waals surface area contributed by atoms with Gasteiger partial charge in [0.1, 0.15) is 5.82 Å². The summed E-state index contributed by atoms with van der Waals surface area (Å²) in [7, 11) is 0. The maximum Gasteiger partial charge on any atom is 0.259 e. The van der Waals surface area contributed by atoms with Gasteiger partial charge in [-0.3, -0.25) is 9.59 Å². The van der Waals surface area contributed by atoms with Crippen molar-refractivity contribution in [3.05, 3.63) is 23.2 Å². The molecule has 1 atom stereocenters. The fraction of sp³-hybridized carbons (Fsp3) is 0.562. The Morgan fingerprint density at radius 1 is 1.29 bits per heavy atom. The second-order valence-corrected chi connectivity index (χ2v) is 6.36. The molecule has 2 saturated heterocycles. The van der Waals surface area contributed by atoms with Gasteiger partial charge < -0.3 is 31.4 Å². The number of piperidine rings is 1. The highest BCUT2D eigenvalue weighted by Gasteiger charge is 2.30. The second kappa shape index (κ2) is 7.14. The van der Waals surface area contributed by atoms with E-state index in [0.717, 1.165) is 37.8 Å². The van der Waals surface area contributed by atoms with Crippen LogP contribution in [0.4, 0.5) is 0 Å². The molecule has 2 fully saturated rings. The molecule has 0 aromatic heterocycles. The molecule has 3 aliphatic rings. The van der Waals surface area contributed by atoms with Gasteiger partial charge in [-0.15, -0.1) is 0 Å². The summed E-state index contributed by atoms with van der Waals surface area (Å²) in [5, 5.41) is 26.3. The van der Waals surface area contributed by atoms with E-state index in [1.165, 1.54) is 11.0 Å². The van der Waals surface area contributed by atoms with E-state index in [2.05, 4.69) is 16.0 Å². The van der Waals surface area contributed by atoms with Gasteiger partial charge in [0.2, 0.25) is 0 Å². The lowest BCUT2D eigenvalue weighted by atomic mass is 9.93. The Labute approximate surface area is 140 Å². The molecular formula is C16H23N5O3. The van der Waals surface area contributed by atoms with Crippen LogP contribution in [0.1, 0.15) is 19.3 Å². The van der Waals surface area contributed by atoms with Crippen LogP contribution in [0.15, 0.2) is 23.2 Å². The summed E-state index contributed by atoms with van der Waals surface area (Å²) < 4.78 is 0. The molecule has 0 aromatic rings. The lowest BCUT2D eigenvalue weighted by molar-refractivity contribution is -0.126. The number of nitrogens with one attached hydrogen (secondary N) is 4. The summed E-state index contributed by atoms with van der Waals surface area (Å²) in [6, 6.07) is 0. The first kappa shape index (κ1) is 16.7. The number of rotatable bonds is 3. The van der Waals surface area contributed by atoms with E-state index < -0.39 is 6.10 Å². The third kappa shape index (κ3) is 3.49. The van der Waals surface area contributed by atoms with Gasteiger partial charge in [-0.25, -0.2) is 0 Å². The Morgan fingerprint density at radius 2 is 2.04 bits per heavy atom. The van der Waals surface area contributed by atoms with Crippen LogP contribution in [0.2, 0.25) is 0 Å². The van der Waals surface area contributed by atoms with Crippen molar-refractivity contribution >= 4 is 18.0 Å². The molecule has 8 nitrogen and oxygen atoms in total. The number of amides is 2. The third-order valence-corrected chi connectivity index (χ3v) is 4.68. The first-order chi connectivity index (χ1) is 11.6. The van der Waals surface area contributed by atoms with Crippen LogP contribution in [0, 0.1) is 11.3 Å². The highest BCUT2D eigenvalue weighted by Crippen LogP contribution is 2.23. The normalized spacial score (nSPS) is 27.2. The van der Waals surface area contributed by atoms with Crippen molar-refractivity contribution in [3.63, 3.8) is 0 Å². The molecule has 0 radical (unpaired) electrons. The maximum atomic E-state index is 12.6. The minimum atomic E-state index is -0.523. The zero-order valence-electron chi connectivity index (χ0n) is 13.5. The van der Waals surface area contributed by atoms with Crippen LogP contribution in [-0.4, -0.2) is 60.3 Å². The summed E-state index contributed by atoms with van der Waals surface area (Å²) in [5.41, 5.74) is 0.904. The standard InChI is InChI=1S/C16H23N5O3/c17-8-12(16(24)21-6-3-11(22)9-21)15-19-13(7-14(23)20-15)10-1-4-18-5-2-10/h7-8,10-11,17-19,22H,1-6,9H2,(H,20,23)/b15-12-,17-8?. The van der Waals surface area contributed by atoms with E-state index in [-0.39, 0.29) is 35.7 Å². The molecule has 1 unspecified atom stereocenters. The molecule has 130 valence electrons. The van der Waals surface area contributed by atoms with Gasteiger partial charge in [0.15, 0.2) is 0 Å². The lowest BCUT2D eigenvalue weighted by Gasteiger charge is -2.30. The predicted octanol–water partition coefficient (Wildman–Crippen LogP) is -0.956. The number of aliphatic hydroxyl groups is 1. The first-order valence-corrected chi connectivity index (χ1v) is 8.31. The van der Waals surface area contributed by atoms with Crippen LogP contribution in [0.3, 0.4) is 0 Å². The van der Waals surface area contributed by atoms with E-state index in [1.807, 2.05) is 0 Å². The number of hydrogen-bond acceptors (Lipinski definition) is 6. The van der Waals surface area contributed by atoms with Gasteiger partial charge in [-0.1, -0.05) is 0 Å². The summed E-state index contributed by atoms with van der Waals surface area (Å²) >= 11 is 0. The molecule has 2 amide bonds. The molecule has 0 spiro atoms. The van der Waals surface area contributed by atoms with E-state index in [1.54, 1.807) is 0 Å². The summed E-state index contributed by atoms with van der Waals surface area (Å²) in [4.78, 5) is 26.1. The summed E-state index contributed by atoms with van der Waals surface area (Å²) in [6.07, 6.45) is 4.35. The largest absolute Gasteiger partial charge is 0.391 e.